The Hall–Kier alpha value is -0.630. The van der Waals surface area contributed by atoms with Crippen LogP contribution in [0.25, 0.3) is 0 Å². The molecule has 2 heteroatoms. The number of Topliss-reactive ketones (excluding diaryl/α,β-unsaturated/α-hetero) is 1. The summed E-state index contributed by atoms with van der Waals surface area (Å²) in [6.45, 7) is 12.2. The first-order chi connectivity index (χ1) is 7.88. The molecule has 1 rings (SSSR count). The summed E-state index contributed by atoms with van der Waals surface area (Å²) in [7, 11) is 0. The van der Waals surface area contributed by atoms with Crippen molar-refractivity contribution in [2.75, 3.05) is 0 Å². The molecule has 0 saturated heterocycles. The highest BCUT2D eigenvalue weighted by molar-refractivity contribution is 5.81. The van der Waals surface area contributed by atoms with E-state index in [0.717, 1.165) is 18.4 Å². The van der Waals surface area contributed by atoms with Crippen molar-refractivity contribution in [3.63, 3.8) is 0 Å². The largest absolute Gasteiger partial charge is 0.392 e. The monoisotopic (exact) mass is 238 g/mol. The van der Waals surface area contributed by atoms with Gasteiger partial charge in [-0.2, -0.15) is 0 Å². The minimum Gasteiger partial charge on any atom is -0.392 e. The molecule has 0 amide bonds. The van der Waals surface area contributed by atoms with Gasteiger partial charge in [0.25, 0.3) is 0 Å². The van der Waals surface area contributed by atoms with Gasteiger partial charge in [-0.1, -0.05) is 39.8 Å². The number of aliphatic hydroxyl groups excluding tert-OH is 1. The van der Waals surface area contributed by atoms with Crippen LogP contribution in [0.1, 0.15) is 47.0 Å². The summed E-state index contributed by atoms with van der Waals surface area (Å²) in [4.78, 5) is 11.9. The summed E-state index contributed by atoms with van der Waals surface area (Å²) in [6.07, 6.45) is 1.91. The number of hydrogen-bond acceptors (Lipinski definition) is 2. The fourth-order valence-electron chi connectivity index (χ4n) is 2.94. The fourth-order valence-corrected chi connectivity index (χ4v) is 2.94. The van der Waals surface area contributed by atoms with Crippen LogP contribution in [0.4, 0.5) is 0 Å². The van der Waals surface area contributed by atoms with Crippen LogP contribution in [0.2, 0.25) is 0 Å². The van der Waals surface area contributed by atoms with E-state index in [-0.39, 0.29) is 23.9 Å². The zero-order chi connectivity index (χ0) is 13.2. The smallest absolute Gasteiger partial charge is 0.136 e. The Bertz CT molecular complexity index is 293. The van der Waals surface area contributed by atoms with Gasteiger partial charge in [-0.3, -0.25) is 4.79 Å². The van der Waals surface area contributed by atoms with E-state index in [9.17, 15) is 9.90 Å². The molecule has 0 heterocycles. The lowest BCUT2D eigenvalue weighted by atomic mass is 9.67. The van der Waals surface area contributed by atoms with Crippen molar-refractivity contribution < 1.29 is 9.90 Å². The van der Waals surface area contributed by atoms with Gasteiger partial charge >= 0.3 is 0 Å². The van der Waals surface area contributed by atoms with E-state index in [1.807, 2.05) is 20.8 Å². The third-order valence-corrected chi connectivity index (χ3v) is 4.16. The molecule has 0 aromatic rings. The second kappa shape index (κ2) is 5.81. The van der Waals surface area contributed by atoms with Crippen molar-refractivity contribution in [3.8, 4) is 0 Å². The Kier molecular flexibility index (Phi) is 4.93. The van der Waals surface area contributed by atoms with Gasteiger partial charge in [0.05, 0.1) is 6.10 Å². The molecule has 1 fully saturated rings. The van der Waals surface area contributed by atoms with E-state index >= 15 is 0 Å². The number of ketones is 1. The SMILES string of the molecule is C=C1C[C@@H](C)[C@H](C(=O)CC)C[C@H]1[C@H](O)C(C)C. The van der Waals surface area contributed by atoms with E-state index in [1.165, 1.54) is 0 Å². The van der Waals surface area contributed by atoms with Crippen molar-refractivity contribution in [1.82, 2.24) is 0 Å². The molecule has 0 radical (unpaired) electrons. The summed E-state index contributed by atoms with van der Waals surface area (Å²) in [5, 5.41) is 10.2. The summed E-state index contributed by atoms with van der Waals surface area (Å²) < 4.78 is 0. The summed E-state index contributed by atoms with van der Waals surface area (Å²) in [5.41, 5.74) is 1.12. The van der Waals surface area contributed by atoms with Crippen LogP contribution in [-0.4, -0.2) is 17.0 Å². The third-order valence-electron chi connectivity index (χ3n) is 4.16. The molecular formula is C15H26O2. The molecule has 0 aromatic heterocycles. The van der Waals surface area contributed by atoms with E-state index in [0.29, 0.717) is 18.1 Å². The molecule has 0 aliphatic heterocycles. The van der Waals surface area contributed by atoms with Crippen LogP contribution in [-0.2, 0) is 4.79 Å². The van der Waals surface area contributed by atoms with Crippen LogP contribution in [0, 0.1) is 23.7 Å². The van der Waals surface area contributed by atoms with Crippen molar-refractivity contribution in [1.29, 1.82) is 0 Å². The number of aliphatic hydroxyl groups is 1. The van der Waals surface area contributed by atoms with Gasteiger partial charge in [0, 0.05) is 18.3 Å². The molecule has 1 saturated carbocycles. The van der Waals surface area contributed by atoms with Gasteiger partial charge in [-0.15, -0.1) is 0 Å². The topological polar surface area (TPSA) is 37.3 Å². The van der Waals surface area contributed by atoms with Crippen LogP contribution < -0.4 is 0 Å². The van der Waals surface area contributed by atoms with Gasteiger partial charge in [0.1, 0.15) is 5.78 Å². The maximum absolute atomic E-state index is 11.9. The lowest BCUT2D eigenvalue weighted by molar-refractivity contribution is -0.125. The second-order valence-electron chi connectivity index (χ2n) is 5.84. The van der Waals surface area contributed by atoms with E-state index in [1.54, 1.807) is 0 Å². The second-order valence-corrected chi connectivity index (χ2v) is 5.84. The fraction of sp³-hybridized carbons (Fsp3) is 0.800. The Morgan fingerprint density at radius 1 is 1.53 bits per heavy atom. The first-order valence-corrected chi connectivity index (χ1v) is 6.76. The first kappa shape index (κ1) is 14.4. The molecule has 2 nitrogen and oxygen atoms in total. The number of carbonyl (C=O) groups excluding carboxylic acids is 1. The number of carbonyl (C=O) groups is 1. The molecule has 0 bridgehead atoms. The lowest BCUT2D eigenvalue weighted by Gasteiger charge is -2.38. The Labute approximate surface area is 105 Å². The van der Waals surface area contributed by atoms with Crippen LogP contribution in [0.3, 0.4) is 0 Å². The van der Waals surface area contributed by atoms with E-state index in [4.69, 9.17) is 0 Å². The minimum absolute atomic E-state index is 0.103. The lowest BCUT2D eigenvalue weighted by Crippen LogP contribution is -2.37. The van der Waals surface area contributed by atoms with Crippen LogP contribution >= 0.6 is 0 Å². The minimum atomic E-state index is -0.359. The van der Waals surface area contributed by atoms with Crippen molar-refractivity contribution in [3.05, 3.63) is 12.2 Å². The average molecular weight is 238 g/mol. The van der Waals surface area contributed by atoms with Crippen LogP contribution in [0.5, 0.6) is 0 Å². The summed E-state index contributed by atoms with van der Waals surface area (Å²) in [5.74, 6) is 1.16. The third kappa shape index (κ3) is 3.19. The average Bonchev–Trinajstić information content (AvgIpc) is 2.27. The number of rotatable bonds is 4. The van der Waals surface area contributed by atoms with Crippen molar-refractivity contribution in [2.24, 2.45) is 23.7 Å². The van der Waals surface area contributed by atoms with Gasteiger partial charge in [-0.25, -0.2) is 0 Å². The van der Waals surface area contributed by atoms with Crippen LogP contribution in [0.15, 0.2) is 12.2 Å². The summed E-state index contributed by atoms with van der Waals surface area (Å²) in [6, 6.07) is 0. The number of hydrogen-bond donors (Lipinski definition) is 1. The zero-order valence-electron chi connectivity index (χ0n) is 11.6. The van der Waals surface area contributed by atoms with Gasteiger partial charge < -0.3 is 5.11 Å². The highest BCUT2D eigenvalue weighted by Crippen LogP contribution is 2.40. The molecule has 0 aromatic carbocycles. The Balaban J connectivity index is 2.80. The van der Waals surface area contributed by atoms with Gasteiger partial charge in [-0.05, 0) is 24.7 Å². The first-order valence-electron chi connectivity index (χ1n) is 6.76. The predicted molar refractivity (Wildman–Crippen MR) is 70.7 cm³/mol. The maximum atomic E-state index is 11.9. The maximum Gasteiger partial charge on any atom is 0.136 e. The standard InChI is InChI=1S/C15H26O2/c1-6-14(16)12-8-13(15(17)9(2)3)11(5)7-10(12)4/h9-10,12-13,15,17H,5-8H2,1-4H3/t10-,12-,13-,15-/m1/s1. The summed E-state index contributed by atoms with van der Waals surface area (Å²) >= 11 is 0. The molecule has 1 N–H and O–H groups in total. The molecule has 1 aliphatic rings. The Morgan fingerprint density at radius 2 is 2.12 bits per heavy atom. The van der Waals surface area contributed by atoms with Crippen molar-refractivity contribution in [2.45, 2.75) is 53.1 Å². The normalized spacial score (nSPS) is 31.6. The highest BCUT2D eigenvalue weighted by Gasteiger charge is 2.37. The van der Waals surface area contributed by atoms with Crippen molar-refractivity contribution >= 4 is 5.78 Å². The van der Waals surface area contributed by atoms with E-state index in [2.05, 4.69) is 13.5 Å². The quantitative estimate of drug-likeness (QED) is 0.764. The molecule has 17 heavy (non-hydrogen) atoms. The molecule has 1 aliphatic carbocycles. The molecule has 0 unspecified atom stereocenters. The molecule has 0 spiro atoms. The van der Waals surface area contributed by atoms with Gasteiger partial charge in [0.15, 0.2) is 0 Å². The van der Waals surface area contributed by atoms with E-state index < -0.39 is 0 Å². The Morgan fingerprint density at radius 3 is 2.59 bits per heavy atom. The molecule has 98 valence electrons. The molecule has 4 atom stereocenters. The molecular weight excluding hydrogens is 212 g/mol. The van der Waals surface area contributed by atoms with Gasteiger partial charge in [0.2, 0.25) is 0 Å². The zero-order valence-corrected chi connectivity index (χ0v) is 11.6. The highest BCUT2D eigenvalue weighted by atomic mass is 16.3. The predicted octanol–water partition coefficient (Wildman–Crippen LogP) is 3.20.